The lowest BCUT2D eigenvalue weighted by atomic mass is 10.2. The van der Waals surface area contributed by atoms with Gasteiger partial charge in [0, 0.05) is 19.6 Å². The van der Waals surface area contributed by atoms with E-state index in [9.17, 15) is 4.79 Å². The van der Waals surface area contributed by atoms with Crippen LogP contribution in [0.15, 0.2) is 30.3 Å². The van der Waals surface area contributed by atoms with E-state index in [1.165, 1.54) is 0 Å². The van der Waals surface area contributed by atoms with Gasteiger partial charge < -0.3 is 15.8 Å². The zero-order chi connectivity index (χ0) is 11.6. The zero-order valence-electron chi connectivity index (χ0n) is 9.32. The van der Waals surface area contributed by atoms with Crippen LogP contribution < -0.4 is 11.1 Å². The highest BCUT2D eigenvalue weighted by Crippen LogP contribution is 2.01. The van der Waals surface area contributed by atoms with Crippen LogP contribution in [-0.4, -0.2) is 25.6 Å². The summed E-state index contributed by atoms with van der Waals surface area (Å²) in [7, 11) is 0. The van der Waals surface area contributed by atoms with E-state index < -0.39 is 0 Å². The molecule has 1 aromatic rings. The number of ether oxygens (including phenoxy) is 1. The van der Waals surface area contributed by atoms with Crippen molar-refractivity contribution in [2.45, 2.75) is 13.0 Å². The molecule has 1 aromatic carbocycles. The van der Waals surface area contributed by atoms with Gasteiger partial charge in [0.15, 0.2) is 0 Å². The molecule has 0 aliphatic rings. The van der Waals surface area contributed by atoms with Crippen LogP contribution in [-0.2, 0) is 16.1 Å². The number of carbonyl (C=O) groups is 1. The fraction of sp³-hybridized carbons (Fsp3) is 0.417. The van der Waals surface area contributed by atoms with Crippen LogP contribution in [0, 0.1) is 0 Å². The molecule has 0 aromatic heterocycles. The molecule has 0 aliphatic carbocycles. The lowest BCUT2D eigenvalue weighted by Gasteiger charge is -2.05. The molecule has 88 valence electrons. The van der Waals surface area contributed by atoms with Crippen molar-refractivity contribution in [3.63, 3.8) is 0 Å². The Morgan fingerprint density at radius 1 is 1.25 bits per heavy atom. The van der Waals surface area contributed by atoms with Gasteiger partial charge in [-0.25, -0.2) is 0 Å². The van der Waals surface area contributed by atoms with Crippen molar-refractivity contribution in [2.75, 3.05) is 19.6 Å². The van der Waals surface area contributed by atoms with E-state index in [4.69, 9.17) is 10.5 Å². The number of hydrogen-bond donors (Lipinski definition) is 2. The average Bonchev–Trinajstić information content (AvgIpc) is 2.33. The zero-order valence-corrected chi connectivity index (χ0v) is 9.32. The van der Waals surface area contributed by atoms with Gasteiger partial charge >= 0.3 is 5.97 Å². The Morgan fingerprint density at radius 3 is 2.69 bits per heavy atom. The summed E-state index contributed by atoms with van der Waals surface area (Å²) in [5.41, 5.74) is 6.31. The lowest BCUT2D eigenvalue weighted by Crippen LogP contribution is -2.25. The third-order valence-corrected chi connectivity index (χ3v) is 2.07. The molecule has 0 bridgehead atoms. The van der Waals surface area contributed by atoms with Crippen LogP contribution in [0.1, 0.15) is 12.0 Å². The summed E-state index contributed by atoms with van der Waals surface area (Å²) in [4.78, 5) is 11.3. The molecule has 16 heavy (non-hydrogen) atoms. The van der Waals surface area contributed by atoms with Gasteiger partial charge in [0.05, 0.1) is 6.42 Å². The SMILES string of the molecule is NCCNCCC(=O)OCc1ccccc1. The quantitative estimate of drug-likeness (QED) is 0.525. The van der Waals surface area contributed by atoms with Gasteiger partial charge in [-0.15, -0.1) is 0 Å². The summed E-state index contributed by atoms with van der Waals surface area (Å²) >= 11 is 0. The summed E-state index contributed by atoms with van der Waals surface area (Å²) in [5, 5.41) is 3.04. The first-order chi connectivity index (χ1) is 7.83. The monoisotopic (exact) mass is 222 g/mol. The molecule has 3 N–H and O–H groups in total. The molecule has 0 saturated carbocycles. The Kier molecular flexibility index (Phi) is 6.22. The summed E-state index contributed by atoms with van der Waals surface area (Å²) in [5.74, 6) is -0.187. The minimum absolute atomic E-state index is 0.187. The first-order valence-electron chi connectivity index (χ1n) is 5.43. The largest absolute Gasteiger partial charge is 0.461 e. The van der Waals surface area contributed by atoms with Crippen LogP contribution in [0.4, 0.5) is 0 Å². The molecule has 0 fully saturated rings. The molecule has 0 heterocycles. The van der Waals surface area contributed by atoms with Gasteiger partial charge in [0.1, 0.15) is 6.61 Å². The maximum Gasteiger partial charge on any atom is 0.307 e. The molecule has 0 spiro atoms. The number of nitrogens with one attached hydrogen (secondary N) is 1. The number of carbonyl (C=O) groups excluding carboxylic acids is 1. The standard InChI is InChI=1S/C12H18N2O2/c13-7-9-14-8-6-12(15)16-10-11-4-2-1-3-5-11/h1-5,14H,6-10,13H2. The molecule has 0 atom stereocenters. The molecule has 4 heteroatoms. The number of rotatable bonds is 7. The minimum atomic E-state index is -0.187. The molecule has 0 saturated heterocycles. The van der Waals surface area contributed by atoms with Crippen LogP contribution in [0.3, 0.4) is 0 Å². The van der Waals surface area contributed by atoms with Crippen LogP contribution in [0.2, 0.25) is 0 Å². The topological polar surface area (TPSA) is 64.3 Å². The Bertz CT molecular complexity index is 301. The van der Waals surface area contributed by atoms with Crippen LogP contribution in [0.25, 0.3) is 0 Å². The van der Waals surface area contributed by atoms with Gasteiger partial charge in [-0.2, -0.15) is 0 Å². The van der Waals surface area contributed by atoms with Crippen molar-refractivity contribution in [2.24, 2.45) is 5.73 Å². The second kappa shape index (κ2) is 7.84. The Labute approximate surface area is 95.8 Å². The predicted octanol–water partition coefficient (Wildman–Crippen LogP) is 0.668. The second-order valence-electron chi connectivity index (χ2n) is 3.43. The van der Waals surface area contributed by atoms with E-state index in [0.29, 0.717) is 26.1 Å². The molecule has 0 radical (unpaired) electrons. The Morgan fingerprint density at radius 2 is 2.00 bits per heavy atom. The van der Waals surface area contributed by atoms with Crippen LogP contribution >= 0.6 is 0 Å². The first kappa shape index (κ1) is 12.7. The predicted molar refractivity (Wildman–Crippen MR) is 62.8 cm³/mol. The maximum atomic E-state index is 11.3. The van der Waals surface area contributed by atoms with Gasteiger partial charge in [-0.3, -0.25) is 4.79 Å². The molecule has 0 aliphatic heterocycles. The molecule has 1 rings (SSSR count). The van der Waals surface area contributed by atoms with Gasteiger partial charge in [-0.05, 0) is 5.56 Å². The Balaban J connectivity index is 2.11. The lowest BCUT2D eigenvalue weighted by molar-refractivity contribution is -0.144. The molecule has 4 nitrogen and oxygen atoms in total. The number of nitrogens with two attached hydrogens (primary N) is 1. The van der Waals surface area contributed by atoms with Crippen LogP contribution in [0.5, 0.6) is 0 Å². The van der Waals surface area contributed by atoms with E-state index in [1.807, 2.05) is 30.3 Å². The molecular weight excluding hydrogens is 204 g/mol. The number of hydrogen-bond acceptors (Lipinski definition) is 4. The van der Waals surface area contributed by atoms with Crippen molar-refractivity contribution >= 4 is 5.97 Å². The summed E-state index contributed by atoms with van der Waals surface area (Å²) in [6.07, 6.45) is 0.382. The highest BCUT2D eigenvalue weighted by atomic mass is 16.5. The number of esters is 1. The summed E-state index contributed by atoms with van der Waals surface area (Å²) < 4.78 is 5.10. The van der Waals surface area contributed by atoms with Crippen molar-refractivity contribution in [3.8, 4) is 0 Å². The van der Waals surface area contributed by atoms with E-state index in [2.05, 4.69) is 5.32 Å². The summed E-state index contributed by atoms with van der Waals surface area (Å²) in [6, 6.07) is 9.64. The first-order valence-corrected chi connectivity index (χ1v) is 5.43. The van der Waals surface area contributed by atoms with Gasteiger partial charge in [-0.1, -0.05) is 30.3 Å². The minimum Gasteiger partial charge on any atom is -0.461 e. The fourth-order valence-corrected chi connectivity index (χ4v) is 1.23. The van der Waals surface area contributed by atoms with Gasteiger partial charge in [0.2, 0.25) is 0 Å². The maximum absolute atomic E-state index is 11.3. The van der Waals surface area contributed by atoms with E-state index in [1.54, 1.807) is 0 Å². The molecular formula is C12H18N2O2. The average molecular weight is 222 g/mol. The van der Waals surface area contributed by atoms with Crippen molar-refractivity contribution in [3.05, 3.63) is 35.9 Å². The number of benzene rings is 1. The Hall–Kier alpha value is -1.39. The highest BCUT2D eigenvalue weighted by molar-refractivity contribution is 5.69. The fourth-order valence-electron chi connectivity index (χ4n) is 1.23. The normalized spacial score (nSPS) is 10.1. The van der Waals surface area contributed by atoms with E-state index in [-0.39, 0.29) is 5.97 Å². The highest BCUT2D eigenvalue weighted by Gasteiger charge is 2.02. The van der Waals surface area contributed by atoms with Crippen molar-refractivity contribution in [1.29, 1.82) is 0 Å². The van der Waals surface area contributed by atoms with Crippen molar-refractivity contribution in [1.82, 2.24) is 5.32 Å². The van der Waals surface area contributed by atoms with E-state index in [0.717, 1.165) is 12.1 Å². The van der Waals surface area contributed by atoms with E-state index >= 15 is 0 Å². The molecule has 0 amide bonds. The second-order valence-corrected chi connectivity index (χ2v) is 3.43. The van der Waals surface area contributed by atoms with Gasteiger partial charge in [0.25, 0.3) is 0 Å². The van der Waals surface area contributed by atoms with Crippen molar-refractivity contribution < 1.29 is 9.53 Å². The molecule has 0 unspecified atom stereocenters. The smallest absolute Gasteiger partial charge is 0.307 e. The third kappa shape index (κ3) is 5.48. The summed E-state index contributed by atoms with van der Waals surface area (Å²) in [6.45, 7) is 2.27. The third-order valence-electron chi connectivity index (χ3n) is 2.07.